The third-order valence-corrected chi connectivity index (χ3v) is 2.72. The van der Waals surface area contributed by atoms with Crippen LogP contribution in [-0.4, -0.2) is 48.2 Å². The minimum absolute atomic E-state index is 0.0548. The van der Waals surface area contributed by atoms with Crippen molar-refractivity contribution in [2.75, 3.05) is 20.2 Å². The molecule has 0 spiro atoms. The summed E-state index contributed by atoms with van der Waals surface area (Å²) < 4.78 is 5.15. The first-order chi connectivity index (χ1) is 7.10. The molecule has 15 heavy (non-hydrogen) atoms. The molecule has 0 aromatic heterocycles. The van der Waals surface area contributed by atoms with Crippen molar-refractivity contribution >= 4 is 11.7 Å². The van der Waals surface area contributed by atoms with E-state index in [1.165, 1.54) is 0 Å². The van der Waals surface area contributed by atoms with Crippen LogP contribution in [0.15, 0.2) is 5.16 Å². The highest BCUT2D eigenvalue weighted by atomic mass is 16.5. The van der Waals surface area contributed by atoms with Gasteiger partial charge in [0, 0.05) is 20.2 Å². The molecule has 0 bridgehead atoms. The summed E-state index contributed by atoms with van der Waals surface area (Å²) in [5.74, 6) is -0.753. The first-order valence-corrected chi connectivity index (χ1v) is 4.89. The van der Waals surface area contributed by atoms with E-state index in [1.807, 2.05) is 0 Å². The number of methoxy groups -OCH3 is 1. The van der Waals surface area contributed by atoms with Crippen molar-refractivity contribution in [1.29, 1.82) is 0 Å². The Morgan fingerprint density at radius 1 is 1.73 bits per heavy atom. The van der Waals surface area contributed by atoms with Crippen molar-refractivity contribution in [3.63, 3.8) is 0 Å². The lowest BCUT2D eigenvalue weighted by Crippen LogP contribution is -2.39. The summed E-state index contributed by atoms with van der Waals surface area (Å²) in [5.41, 5.74) is 5.37. The number of carbonyl (C=O) groups excluding carboxylic acids is 1. The van der Waals surface area contributed by atoms with Gasteiger partial charge in [0.1, 0.15) is 0 Å². The molecule has 1 fully saturated rings. The number of carbonyl (C=O) groups is 1. The van der Waals surface area contributed by atoms with E-state index in [0.29, 0.717) is 13.1 Å². The van der Waals surface area contributed by atoms with Gasteiger partial charge >= 0.3 is 0 Å². The van der Waals surface area contributed by atoms with Gasteiger partial charge in [0.05, 0.1) is 12.0 Å². The highest BCUT2D eigenvalue weighted by Crippen LogP contribution is 2.14. The van der Waals surface area contributed by atoms with E-state index in [4.69, 9.17) is 15.7 Å². The molecule has 2 atom stereocenters. The number of hydrogen-bond donors (Lipinski definition) is 2. The SMILES string of the molecule is COC1CCN(C(=O)C(C)C(N)=NO)C1. The molecule has 0 aliphatic carbocycles. The Hall–Kier alpha value is -1.30. The Bertz CT molecular complexity index is 267. The van der Waals surface area contributed by atoms with Crippen LogP contribution < -0.4 is 5.73 Å². The van der Waals surface area contributed by atoms with Crippen molar-refractivity contribution in [1.82, 2.24) is 4.90 Å². The topological polar surface area (TPSA) is 88.2 Å². The van der Waals surface area contributed by atoms with Crippen LogP contribution in [0.5, 0.6) is 0 Å². The van der Waals surface area contributed by atoms with E-state index in [1.54, 1.807) is 18.9 Å². The molecule has 0 radical (unpaired) electrons. The van der Waals surface area contributed by atoms with Gasteiger partial charge in [0.2, 0.25) is 5.91 Å². The molecule has 0 aromatic rings. The van der Waals surface area contributed by atoms with Gasteiger partial charge < -0.3 is 20.6 Å². The van der Waals surface area contributed by atoms with Crippen LogP contribution in [0.1, 0.15) is 13.3 Å². The number of likely N-dealkylation sites (tertiary alicyclic amines) is 1. The molecule has 1 aliphatic heterocycles. The molecule has 0 aromatic carbocycles. The van der Waals surface area contributed by atoms with Crippen LogP contribution in [-0.2, 0) is 9.53 Å². The largest absolute Gasteiger partial charge is 0.409 e. The van der Waals surface area contributed by atoms with Gasteiger partial charge in [-0.2, -0.15) is 0 Å². The molecule has 3 N–H and O–H groups in total. The second kappa shape index (κ2) is 4.97. The Morgan fingerprint density at radius 3 is 2.87 bits per heavy atom. The Balaban J connectivity index is 2.55. The van der Waals surface area contributed by atoms with Crippen molar-refractivity contribution in [3.05, 3.63) is 0 Å². The normalized spacial score (nSPS) is 24.3. The number of ether oxygens (including phenoxy) is 1. The van der Waals surface area contributed by atoms with E-state index < -0.39 is 5.92 Å². The third-order valence-electron chi connectivity index (χ3n) is 2.72. The number of nitrogens with zero attached hydrogens (tertiary/aromatic N) is 2. The van der Waals surface area contributed by atoms with E-state index in [0.717, 1.165) is 6.42 Å². The van der Waals surface area contributed by atoms with Crippen LogP contribution in [0.2, 0.25) is 0 Å². The standard InChI is InChI=1S/C9H17N3O3/c1-6(8(10)11-14)9(13)12-4-3-7(5-12)15-2/h6-7,14H,3-5H2,1-2H3,(H2,10,11). The van der Waals surface area contributed by atoms with Gasteiger partial charge in [0.25, 0.3) is 0 Å². The zero-order valence-electron chi connectivity index (χ0n) is 9.01. The molecular formula is C9H17N3O3. The van der Waals surface area contributed by atoms with Gasteiger partial charge in [-0.3, -0.25) is 4.79 Å². The Kier molecular flexibility index (Phi) is 3.90. The van der Waals surface area contributed by atoms with Crippen molar-refractivity contribution in [2.45, 2.75) is 19.4 Å². The molecule has 0 saturated carbocycles. The summed E-state index contributed by atoms with van der Waals surface area (Å²) in [6.07, 6.45) is 0.943. The van der Waals surface area contributed by atoms with Crippen molar-refractivity contribution < 1.29 is 14.7 Å². The molecule has 1 aliphatic rings. The average Bonchev–Trinajstić information content (AvgIpc) is 2.74. The predicted molar refractivity (Wildman–Crippen MR) is 54.6 cm³/mol. The molecule has 86 valence electrons. The highest BCUT2D eigenvalue weighted by Gasteiger charge is 2.30. The zero-order valence-corrected chi connectivity index (χ0v) is 9.01. The first-order valence-electron chi connectivity index (χ1n) is 4.89. The molecule has 1 heterocycles. The summed E-state index contributed by atoms with van der Waals surface area (Å²) >= 11 is 0. The Labute approximate surface area is 88.7 Å². The monoisotopic (exact) mass is 215 g/mol. The molecular weight excluding hydrogens is 198 g/mol. The molecule has 1 rings (SSSR count). The fourth-order valence-corrected chi connectivity index (χ4v) is 1.61. The van der Waals surface area contributed by atoms with Gasteiger partial charge in [0.15, 0.2) is 5.84 Å². The van der Waals surface area contributed by atoms with Crippen molar-refractivity contribution in [3.8, 4) is 0 Å². The lowest BCUT2D eigenvalue weighted by molar-refractivity contribution is -0.132. The minimum atomic E-state index is -0.578. The maximum absolute atomic E-state index is 11.8. The number of nitrogens with two attached hydrogens (primary N) is 1. The summed E-state index contributed by atoms with van der Waals surface area (Å²) in [7, 11) is 1.63. The summed E-state index contributed by atoms with van der Waals surface area (Å²) in [4.78, 5) is 13.5. The number of rotatable bonds is 3. The molecule has 6 heteroatoms. The van der Waals surface area contributed by atoms with E-state index in [2.05, 4.69) is 5.16 Å². The van der Waals surface area contributed by atoms with E-state index in [-0.39, 0.29) is 17.8 Å². The predicted octanol–water partition coefficient (Wildman–Crippen LogP) is -0.384. The van der Waals surface area contributed by atoms with E-state index >= 15 is 0 Å². The van der Waals surface area contributed by atoms with Crippen LogP contribution in [0.3, 0.4) is 0 Å². The quantitative estimate of drug-likeness (QED) is 0.290. The van der Waals surface area contributed by atoms with Gasteiger partial charge in [-0.15, -0.1) is 0 Å². The van der Waals surface area contributed by atoms with Gasteiger partial charge in [-0.25, -0.2) is 0 Å². The van der Waals surface area contributed by atoms with Crippen LogP contribution >= 0.6 is 0 Å². The number of oxime groups is 1. The fourth-order valence-electron chi connectivity index (χ4n) is 1.61. The summed E-state index contributed by atoms with van der Waals surface area (Å²) in [5, 5.41) is 11.3. The highest BCUT2D eigenvalue weighted by molar-refractivity contribution is 6.01. The van der Waals surface area contributed by atoms with Crippen LogP contribution in [0.25, 0.3) is 0 Å². The smallest absolute Gasteiger partial charge is 0.233 e. The van der Waals surface area contributed by atoms with Gasteiger partial charge in [-0.05, 0) is 13.3 Å². The minimum Gasteiger partial charge on any atom is -0.409 e. The maximum atomic E-state index is 11.8. The fraction of sp³-hybridized carbons (Fsp3) is 0.778. The van der Waals surface area contributed by atoms with Gasteiger partial charge in [-0.1, -0.05) is 5.16 Å². The van der Waals surface area contributed by atoms with Crippen LogP contribution in [0.4, 0.5) is 0 Å². The second-order valence-electron chi connectivity index (χ2n) is 3.68. The summed E-state index contributed by atoms with van der Waals surface area (Å²) in [6, 6.07) is 0. The lowest BCUT2D eigenvalue weighted by atomic mass is 10.1. The lowest BCUT2D eigenvalue weighted by Gasteiger charge is -2.19. The first kappa shape index (κ1) is 11.8. The van der Waals surface area contributed by atoms with E-state index in [9.17, 15) is 4.79 Å². The molecule has 1 amide bonds. The maximum Gasteiger partial charge on any atom is 0.233 e. The molecule has 2 unspecified atom stereocenters. The molecule has 1 saturated heterocycles. The molecule has 6 nitrogen and oxygen atoms in total. The second-order valence-corrected chi connectivity index (χ2v) is 3.68. The zero-order chi connectivity index (χ0) is 11.4. The number of hydrogen-bond acceptors (Lipinski definition) is 4. The van der Waals surface area contributed by atoms with Crippen LogP contribution in [0, 0.1) is 5.92 Å². The number of amides is 1. The number of amidine groups is 1. The summed E-state index contributed by atoms with van der Waals surface area (Å²) in [6.45, 7) is 2.87. The third kappa shape index (κ3) is 2.59. The van der Waals surface area contributed by atoms with Crippen molar-refractivity contribution in [2.24, 2.45) is 16.8 Å². The Morgan fingerprint density at radius 2 is 2.40 bits per heavy atom. The average molecular weight is 215 g/mol.